The highest BCUT2D eigenvalue weighted by atomic mass is 32.2. The lowest BCUT2D eigenvalue weighted by atomic mass is 10.4. The predicted molar refractivity (Wildman–Crippen MR) is 50.2 cm³/mol. The molecule has 0 atom stereocenters. The number of rotatable bonds is 4. The zero-order valence-corrected chi connectivity index (χ0v) is 8.27. The standard InChI is InChI=1S/C8H9NO4S/c1-12-13-9-7-14(10,11)8-5-3-2-4-6-8/h2-7H,1H3/b9-7+. The lowest BCUT2D eigenvalue weighted by molar-refractivity contribution is -0.272. The van der Waals surface area contributed by atoms with Gasteiger partial charge in [-0.05, 0) is 17.3 Å². The minimum Gasteiger partial charge on any atom is -0.220 e. The van der Waals surface area contributed by atoms with E-state index in [1.807, 2.05) is 0 Å². The molecule has 0 heterocycles. The summed E-state index contributed by atoms with van der Waals surface area (Å²) in [7, 11) is -2.30. The minimum absolute atomic E-state index is 0.156. The van der Waals surface area contributed by atoms with E-state index in [0.717, 1.165) is 0 Å². The summed E-state index contributed by atoms with van der Waals surface area (Å²) in [5.74, 6) is 0. The average Bonchev–Trinajstić information content (AvgIpc) is 2.19. The zero-order chi connectivity index (χ0) is 10.4. The van der Waals surface area contributed by atoms with Gasteiger partial charge in [0.15, 0.2) is 5.55 Å². The molecule has 0 bridgehead atoms. The lowest BCUT2D eigenvalue weighted by Crippen LogP contribution is -2.01. The highest BCUT2D eigenvalue weighted by Crippen LogP contribution is 2.07. The van der Waals surface area contributed by atoms with E-state index in [2.05, 4.69) is 15.0 Å². The first-order valence-electron chi connectivity index (χ1n) is 3.70. The average molecular weight is 215 g/mol. The topological polar surface area (TPSA) is 65.0 Å². The fourth-order valence-corrected chi connectivity index (χ4v) is 1.59. The Morgan fingerprint density at radius 1 is 1.29 bits per heavy atom. The van der Waals surface area contributed by atoms with Gasteiger partial charge in [0, 0.05) is 0 Å². The molecule has 6 heteroatoms. The second kappa shape index (κ2) is 4.73. The first-order chi connectivity index (χ1) is 6.67. The van der Waals surface area contributed by atoms with E-state index in [-0.39, 0.29) is 4.90 Å². The predicted octanol–water partition coefficient (Wildman–Crippen LogP) is 0.982. The maximum absolute atomic E-state index is 11.4. The fourth-order valence-electron chi connectivity index (χ4n) is 0.788. The molecule has 5 nitrogen and oxygen atoms in total. The van der Waals surface area contributed by atoms with Gasteiger partial charge in [-0.25, -0.2) is 13.4 Å². The van der Waals surface area contributed by atoms with E-state index >= 15 is 0 Å². The smallest absolute Gasteiger partial charge is 0.220 e. The van der Waals surface area contributed by atoms with Gasteiger partial charge in [-0.15, -0.1) is 0 Å². The van der Waals surface area contributed by atoms with Crippen LogP contribution in [0, 0.1) is 0 Å². The van der Waals surface area contributed by atoms with Gasteiger partial charge in [0.2, 0.25) is 9.84 Å². The van der Waals surface area contributed by atoms with Crippen LogP contribution in [0.25, 0.3) is 0 Å². The molecule has 0 aromatic heterocycles. The molecule has 0 aliphatic rings. The van der Waals surface area contributed by atoms with Crippen LogP contribution in [0.3, 0.4) is 0 Å². The monoisotopic (exact) mass is 215 g/mol. The number of oxime groups is 1. The van der Waals surface area contributed by atoms with E-state index < -0.39 is 9.84 Å². The Hall–Kier alpha value is -1.40. The van der Waals surface area contributed by atoms with Gasteiger partial charge in [-0.3, -0.25) is 0 Å². The number of nitrogens with zero attached hydrogens (tertiary/aromatic N) is 1. The summed E-state index contributed by atoms with van der Waals surface area (Å²) in [5, 5.41) is 3.10. The molecule has 0 N–H and O–H groups in total. The minimum atomic E-state index is -3.53. The second-order valence-electron chi connectivity index (χ2n) is 2.31. The summed E-state index contributed by atoms with van der Waals surface area (Å²) in [6.07, 6.45) is 0. The van der Waals surface area contributed by atoms with Crippen LogP contribution in [0.5, 0.6) is 0 Å². The molecule has 0 unspecified atom stereocenters. The molecule has 1 rings (SSSR count). The molecular weight excluding hydrogens is 206 g/mol. The Kier molecular flexibility index (Phi) is 3.61. The number of sulfone groups is 1. The van der Waals surface area contributed by atoms with E-state index in [0.29, 0.717) is 5.55 Å². The summed E-state index contributed by atoms with van der Waals surface area (Å²) in [6, 6.07) is 7.90. The van der Waals surface area contributed by atoms with Crippen LogP contribution in [0.4, 0.5) is 0 Å². The molecule has 0 fully saturated rings. The van der Waals surface area contributed by atoms with E-state index in [9.17, 15) is 8.42 Å². The second-order valence-corrected chi connectivity index (χ2v) is 4.08. The summed E-state index contributed by atoms with van der Waals surface area (Å²) in [5.41, 5.74) is 0.686. The van der Waals surface area contributed by atoms with Crippen LogP contribution in [0.15, 0.2) is 40.4 Å². The Balaban J connectivity index is 2.87. The van der Waals surface area contributed by atoms with E-state index in [1.165, 1.54) is 19.2 Å². The quantitative estimate of drug-likeness (QED) is 0.325. The molecule has 0 radical (unpaired) electrons. The van der Waals surface area contributed by atoms with Crippen molar-refractivity contribution in [3.8, 4) is 0 Å². The van der Waals surface area contributed by atoms with Gasteiger partial charge in [0.1, 0.15) is 0 Å². The molecule has 0 aliphatic carbocycles. The van der Waals surface area contributed by atoms with E-state index in [4.69, 9.17) is 0 Å². The lowest BCUT2D eigenvalue weighted by Gasteiger charge is -1.95. The van der Waals surface area contributed by atoms with Gasteiger partial charge in [-0.2, -0.15) is 4.89 Å². The third kappa shape index (κ3) is 2.82. The molecule has 0 aliphatic heterocycles. The SMILES string of the molecule is COO/N=C/S(=O)(=O)c1ccccc1. The van der Waals surface area contributed by atoms with Crippen molar-refractivity contribution in [1.82, 2.24) is 0 Å². The van der Waals surface area contributed by atoms with Crippen molar-refractivity contribution < 1.29 is 18.3 Å². The zero-order valence-electron chi connectivity index (χ0n) is 7.45. The van der Waals surface area contributed by atoms with Crippen molar-refractivity contribution >= 4 is 15.4 Å². The van der Waals surface area contributed by atoms with Gasteiger partial charge >= 0.3 is 0 Å². The molecule has 0 amide bonds. The van der Waals surface area contributed by atoms with Crippen molar-refractivity contribution in [2.45, 2.75) is 4.90 Å². The van der Waals surface area contributed by atoms with Crippen molar-refractivity contribution in [1.29, 1.82) is 0 Å². The number of hydrogen-bond acceptors (Lipinski definition) is 5. The van der Waals surface area contributed by atoms with Crippen molar-refractivity contribution in [2.75, 3.05) is 7.11 Å². The van der Waals surface area contributed by atoms with Crippen LogP contribution in [-0.2, 0) is 19.7 Å². The van der Waals surface area contributed by atoms with Gasteiger partial charge < -0.3 is 0 Å². The Morgan fingerprint density at radius 2 is 1.93 bits per heavy atom. The maximum Gasteiger partial charge on any atom is 0.220 e. The van der Waals surface area contributed by atoms with Gasteiger partial charge in [0.25, 0.3) is 0 Å². The van der Waals surface area contributed by atoms with Crippen molar-refractivity contribution in [3.63, 3.8) is 0 Å². The Bertz CT molecular complexity index is 399. The Labute approximate surface area is 81.8 Å². The highest BCUT2D eigenvalue weighted by Gasteiger charge is 2.10. The fraction of sp³-hybridized carbons (Fsp3) is 0.125. The van der Waals surface area contributed by atoms with E-state index in [1.54, 1.807) is 18.2 Å². The normalized spacial score (nSPS) is 11.8. The summed E-state index contributed by atoms with van der Waals surface area (Å²) < 4.78 is 22.8. The first-order valence-corrected chi connectivity index (χ1v) is 5.25. The maximum atomic E-state index is 11.4. The van der Waals surface area contributed by atoms with Gasteiger partial charge in [-0.1, -0.05) is 18.2 Å². The molecular formula is C8H9NO4S. The molecule has 0 saturated carbocycles. The molecule has 0 spiro atoms. The van der Waals surface area contributed by atoms with Crippen molar-refractivity contribution in [3.05, 3.63) is 30.3 Å². The van der Waals surface area contributed by atoms with Crippen LogP contribution >= 0.6 is 0 Å². The molecule has 1 aromatic rings. The largest absolute Gasteiger partial charge is 0.220 e. The number of benzene rings is 1. The van der Waals surface area contributed by atoms with Crippen LogP contribution in [0.1, 0.15) is 0 Å². The summed E-state index contributed by atoms with van der Waals surface area (Å²) in [6.45, 7) is 0. The molecule has 14 heavy (non-hydrogen) atoms. The molecule has 1 aromatic carbocycles. The summed E-state index contributed by atoms with van der Waals surface area (Å²) in [4.78, 5) is 8.35. The first kappa shape index (κ1) is 10.7. The molecule has 0 saturated heterocycles. The summed E-state index contributed by atoms with van der Waals surface area (Å²) >= 11 is 0. The van der Waals surface area contributed by atoms with Crippen LogP contribution < -0.4 is 0 Å². The van der Waals surface area contributed by atoms with Crippen LogP contribution in [0.2, 0.25) is 0 Å². The number of hydrogen-bond donors (Lipinski definition) is 0. The van der Waals surface area contributed by atoms with Crippen molar-refractivity contribution in [2.24, 2.45) is 5.16 Å². The highest BCUT2D eigenvalue weighted by molar-refractivity contribution is 8.04. The molecule has 76 valence electrons. The third-order valence-electron chi connectivity index (χ3n) is 1.37. The Morgan fingerprint density at radius 3 is 2.50 bits per heavy atom. The third-order valence-corrected chi connectivity index (χ3v) is 2.66. The van der Waals surface area contributed by atoms with Gasteiger partial charge in [0.05, 0.1) is 12.0 Å². The van der Waals surface area contributed by atoms with Crippen LogP contribution in [-0.4, -0.2) is 21.1 Å².